The molecular formula is C10H10ClN5O2. The Morgan fingerprint density at radius 2 is 2.17 bits per heavy atom. The summed E-state index contributed by atoms with van der Waals surface area (Å²) in [5.74, 6) is -0.0168. The van der Waals surface area contributed by atoms with Crippen molar-refractivity contribution in [3.8, 4) is 5.75 Å². The topological polar surface area (TPSA) is 109 Å². The second kappa shape index (κ2) is 4.53. The molecule has 0 aliphatic rings. The predicted molar refractivity (Wildman–Crippen MR) is 67.7 cm³/mol. The van der Waals surface area contributed by atoms with E-state index < -0.39 is 5.56 Å². The lowest BCUT2D eigenvalue weighted by Crippen LogP contribution is -2.10. The van der Waals surface area contributed by atoms with Crippen LogP contribution in [0.15, 0.2) is 33.2 Å². The quantitative estimate of drug-likeness (QED) is 0.725. The molecule has 0 bridgehead atoms. The largest absolute Gasteiger partial charge is 0.506 e. The third-order valence-electron chi connectivity index (χ3n) is 2.25. The summed E-state index contributed by atoms with van der Waals surface area (Å²) >= 11 is 5.68. The van der Waals surface area contributed by atoms with Crippen LogP contribution in [0.4, 0.5) is 17.2 Å². The molecule has 1 heterocycles. The number of nitrogen functional groups attached to an aromatic ring is 1. The number of hydrogen-bond acceptors (Lipinski definition) is 5. The van der Waals surface area contributed by atoms with Gasteiger partial charge in [0.05, 0.1) is 0 Å². The molecule has 94 valence electrons. The number of nitrogens with one attached hydrogen (secondary N) is 1. The van der Waals surface area contributed by atoms with Gasteiger partial charge in [-0.1, -0.05) is 11.6 Å². The molecule has 0 saturated carbocycles. The molecule has 4 N–H and O–H groups in total. The van der Waals surface area contributed by atoms with Gasteiger partial charge in [-0.05, 0) is 12.1 Å². The number of aromatic amines is 1. The predicted octanol–water partition coefficient (Wildman–Crippen LogP) is 2.07. The summed E-state index contributed by atoms with van der Waals surface area (Å²) in [6.07, 6.45) is 0. The Morgan fingerprint density at radius 1 is 1.44 bits per heavy atom. The summed E-state index contributed by atoms with van der Waals surface area (Å²) in [7, 11) is 1.51. The average molecular weight is 268 g/mol. The lowest BCUT2D eigenvalue weighted by atomic mass is 10.3. The molecule has 0 amide bonds. The number of halogens is 1. The summed E-state index contributed by atoms with van der Waals surface area (Å²) in [5.41, 5.74) is 5.35. The van der Waals surface area contributed by atoms with E-state index in [1.165, 1.54) is 23.9 Å². The number of rotatable bonds is 2. The minimum atomic E-state index is -0.398. The molecule has 8 heteroatoms. The third-order valence-corrected chi connectivity index (χ3v) is 2.48. The van der Waals surface area contributed by atoms with Crippen molar-refractivity contribution in [3.05, 3.63) is 33.6 Å². The van der Waals surface area contributed by atoms with Crippen molar-refractivity contribution in [2.75, 3.05) is 5.73 Å². The number of H-pyrrole nitrogens is 1. The fourth-order valence-electron chi connectivity index (χ4n) is 1.34. The summed E-state index contributed by atoms with van der Waals surface area (Å²) in [6, 6.07) is 4.36. The molecule has 0 saturated heterocycles. The number of phenols is 1. The number of nitrogens with two attached hydrogens (primary N) is 1. The molecule has 0 aliphatic carbocycles. The van der Waals surface area contributed by atoms with Crippen LogP contribution >= 0.6 is 11.6 Å². The minimum absolute atomic E-state index is 0.00755. The number of benzene rings is 1. The van der Waals surface area contributed by atoms with Gasteiger partial charge in [-0.3, -0.25) is 14.6 Å². The third kappa shape index (κ3) is 2.21. The highest BCUT2D eigenvalue weighted by molar-refractivity contribution is 6.30. The van der Waals surface area contributed by atoms with Crippen LogP contribution < -0.4 is 11.3 Å². The summed E-state index contributed by atoms with van der Waals surface area (Å²) in [4.78, 5) is 11.6. The Labute approximate surface area is 107 Å². The van der Waals surface area contributed by atoms with Crippen LogP contribution in [0.2, 0.25) is 5.02 Å². The van der Waals surface area contributed by atoms with Gasteiger partial charge >= 0.3 is 0 Å². The van der Waals surface area contributed by atoms with E-state index in [1.54, 1.807) is 6.07 Å². The zero-order chi connectivity index (χ0) is 13.3. The summed E-state index contributed by atoms with van der Waals surface area (Å²) in [6.45, 7) is 0. The van der Waals surface area contributed by atoms with Crippen LogP contribution in [-0.4, -0.2) is 14.9 Å². The second-order valence-electron chi connectivity index (χ2n) is 3.57. The number of aromatic hydroxyl groups is 1. The van der Waals surface area contributed by atoms with E-state index in [4.69, 9.17) is 17.3 Å². The van der Waals surface area contributed by atoms with E-state index in [0.717, 1.165) is 0 Å². The number of aryl methyl sites for hydroxylation is 1. The maximum absolute atomic E-state index is 11.6. The van der Waals surface area contributed by atoms with Crippen LogP contribution in [-0.2, 0) is 7.05 Å². The number of azo groups is 1. The molecule has 0 unspecified atom stereocenters. The van der Waals surface area contributed by atoms with Crippen molar-refractivity contribution < 1.29 is 5.11 Å². The van der Waals surface area contributed by atoms with Gasteiger partial charge in [0.15, 0.2) is 5.69 Å². The molecule has 0 radical (unpaired) electrons. The van der Waals surface area contributed by atoms with Crippen molar-refractivity contribution in [2.45, 2.75) is 0 Å². The first kappa shape index (κ1) is 12.2. The van der Waals surface area contributed by atoms with E-state index in [1.807, 2.05) is 0 Å². The van der Waals surface area contributed by atoms with Crippen molar-refractivity contribution in [1.82, 2.24) is 9.78 Å². The normalized spacial score (nSPS) is 11.2. The van der Waals surface area contributed by atoms with E-state index in [-0.39, 0.29) is 22.9 Å². The Kier molecular flexibility index (Phi) is 3.07. The zero-order valence-electron chi connectivity index (χ0n) is 9.38. The van der Waals surface area contributed by atoms with E-state index in [2.05, 4.69) is 15.3 Å². The summed E-state index contributed by atoms with van der Waals surface area (Å²) in [5, 5.41) is 20.0. The Hall–Kier alpha value is -2.28. The minimum Gasteiger partial charge on any atom is -0.506 e. The van der Waals surface area contributed by atoms with Crippen molar-refractivity contribution in [3.63, 3.8) is 0 Å². The number of phenolic OH excluding ortho intramolecular Hbond substituents is 1. The SMILES string of the molecule is Cn1[nH]c(N)c(N=Nc2ccc(Cl)cc2O)c1=O. The fourth-order valence-corrected chi connectivity index (χ4v) is 1.51. The molecule has 18 heavy (non-hydrogen) atoms. The van der Waals surface area contributed by atoms with Gasteiger partial charge in [0.1, 0.15) is 17.3 Å². The second-order valence-corrected chi connectivity index (χ2v) is 4.01. The molecule has 0 fully saturated rings. The highest BCUT2D eigenvalue weighted by atomic mass is 35.5. The molecule has 0 aliphatic heterocycles. The van der Waals surface area contributed by atoms with Gasteiger partial charge in [-0.15, -0.1) is 10.2 Å². The van der Waals surface area contributed by atoms with Gasteiger partial charge in [-0.2, -0.15) is 0 Å². The highest BCUT2D eigenvalue weighted by Gasteiger charge is 2.09. The smallest absolute Gasteiger partial charge is 0.296 e. The van der Waals surface area contributed by atoms with Gasteiger partial charge in [0, 0.05) is 18.1 Å². The van der Waals surface area contributed by atoms with E-state index in [0.29, 0.717) is 5.02 Å². The van der Waals surface area contributed by atoms with Crippen molar-refractivity contribution in [1.29, 1.82) is 0 Å². The zero-order valence-corrected chi connectivity index (χ0v) is 10.1. The number of nitrogens with zero attached hydrogens (tertiary/aromatic N) is 3. The van der Waals surface area contributed by atoms with Gasteiger partial charge < -0.3 is 10.8 Å². The maximum atomic E-state index is 11.6. The molecule has 2 aromatic rings. The summed E-state index contributed by atoms with van der Waals surface area (Å²) < 4.78 is 1.19. The monoisotopic (exact) mass is 267 g/mol. The first-order valence-corrected chi connectivity index (χ1v) is 5.31. The number of hydrogen-bond donors (Lipinski definition) is 3. The van der Waals surface area contributed by atoms with Crippen molar-refractivity contribution in [2.24, 2.45) is 17.3 Å². The van der Waals surface area contributed by atoms with Crippen LogP contribution in [0.3, 0.4) is 0 Å². The van der Waals surface area contributed by atoms with Crippen molar-refractivity contribution >= 4 is 28.8 Å². The Bertz CT molecular complexity index is 673. The standard InChI is InChI=1S/C10H10ClN5O2/c1-16-10(18)8(9(12)15-16)14-13-6-3-2-5(11)4-7(6)17/h2-4,15,17H,12H2,1H3. The van der Waals surface area contributed by atoms with Crippen LogP contribution in [0, 0.1) is 0 Å². The van der Waals surface area contributed by atoms with Gasteiger partial charge in [0.2, 0.25) is 0 Å². The van der Waals surface area contributed by atoms with Gasteiger partial charge in [-0.25, -0.2) is 0 Å². The Morgan fingerprint density at radius 3 is 2.72 bits per heavy atom. The van der Waals surface area contributed by atoms with E-state index >= 15 is 0 Å². The number of aromatic nitrogens is 2. The lowest BCUT2D eigenvalue weighted by Gasteiger charge is -1.97. The first-order chi connectivity index (χ1) is 8.49. The molecule has 7 nitrogen and oxygen atoms in total. The molecule has 2 rings (SSSR count). The maximum Gasteiger partial charge on any atom is 0.296 e. The molecule has 0 spiro atoms. The Balaban J connectivity index is 2.39. The highest BCUT2D eigenvalue weighted by Crippen LogP contribution is 2.30. The average Bonchev–Trinajstić information content (AvgIpc) is 2.53. The fraction of sp³-hybridized carbons (Fsp3) is 0.100. The molecule has 1 aromatic carbocycles. The van der Waals surface area contributed by atoms with E-state index in [9.17, 15) is 9.90 Å². The molecule has 1 aromatic heterocycles. The molecular weight excluding hydrogens is 258 g/mol. The lowest BCUT2D eigenvalue weighted by molar-refractivity contribution is 0.476. The van der Waals surface area contributed by atoms with Gasteiger partial charge in [0.25, 0.3) is 5.56 Å². The van der Waals surface area contributed by atoms with Crippen LogP contribution in [0.1, 0.15) is 0 Å². The van der Waals surface area contributed by atoms with Crippen LogP contribution in [0.25, 0.3) is 0 Å². The number of anilines is 1. The first-order valence-electron chi connectivity index (χ1n) is 4.94. The van der Waals surface area contributed by atoms with Crippen LogP contribution in [0.5, 0.6) is 5.75 Å². The molecule has 0 atom stereocenters.